The maximum absolute atomic E-state index is 13.2. The molecule has 2 heterocycles. The van der Waals surface area contributed by atoms with E-state index in [2.05, 4.69) is 0 Å². The summed E-state index contributed by atoms with van der Waals surface area (Å²) in [7, 11) is 6.83. The predicted molar refractivity (Wildman–Crippen MR) is 127 cm³/mol. The minimum absolute atomic E-state index is 0.0161. The van der Waals surface area contributed by atoms with Crippen molar-refractivity contribution in [3.05, 3.63) is 83.3 Å². The van der Waals surface area contributed by atoms with E-state index in [0.717, 1.165) is 5.69 Å². The largest absolute Gasteiger partial charge is 0.507 e. The van der Waals surface area contributed by atoms with E-state index >= 15 is 0 Å². The zero-order valence-corrected chi connectivity index (χ0v) is 19.4. The highest BCUT2D eigenvalue weighted by atomic mass is 16.5. The van der Waals surface area contributed by atoms with Crippen LogP contribution in [-0.2, 0) is 16.1 Å². The number of methoxy groups -OCH3 is 2. The summed E-state index contributed by atoms with van der Waals surface area (Å²) in [4.78, 5) is 29.7. The molecule has 8 nitrogen and oxygen atoms in total. The molecule has 34 heavy (non-hydrogen) atoms. The Balaban J connectivity index is 1.88. The quantitative estimate of drug-likeness (QED) is 0.322. The Kier molecular flexibility index (Phi) is 6.32. The smallest absolute Gasteiger partial charge is 0.296 e. The fourth-order valence-electron chi connectivity index (χ4n) is 4.05. The van der Waals surface area contributed by atoms with Gasteiger partial charge < -0.3 is 28.8 Å². The first-order valence-corrected chi connectivity index (χ1v) is 10.7. The SMILES string of the molecule is COc1ccc(/C(O)=C2/C(=O)C(=O)N(Cc3ccco3)C2c2ccc(N(C)C)cc2)c(OC)c1. The van der Waals surface area contributed by atoms with Crippen molar-refractivity contribution in [1.82, 2.24) is 4.90 Å². The summed E-state index contributed by atoms with van der Waals surface area (Å²) in [6, 6.07) is 15.0. The number of furan rings is 1. The van der Waals surface area contributed by atoms with Crippen molar-refractivity contribution in [2.24, 2.45) is 0 Å². The van der Waals surface area contributed by atoms with Gasteiger partial charge in [0.2, 0.25) is 0 Å². The van der Waals surface area contributed by atoms with E-state index in [-0.39, 0.29) is 23.4 Å². The number of carbonyl (C=O) groups is 2. The van der Waals surface area contributed by atoms with Crippen molar-refractivity contribution < 1.29 is 28.6 Å². The monoisotopic (exact) mass is 462 g/mol. The highest BCUT2D eigenvalue weighted by molar-refractivity contribution is 6.46. The number of aliphatic hydroxyl groups excluding tert-OH is 1. The molecule has 2 aromatic carbocycles. The van der Waals surface area contributed by atoms with E-state index in [1.54, 1.807) is 30.3 Å². The number of benzene rings is 2. The number of rotatable bonds is 7. The zero-order valence-electron chi connectivity index (χ0n) is 19.4. The molecule has 1 aliphatic heterocycles. The molecule has 4 rings (SSSR count). The third kappa shape index (κ3) is 4.10. The second kappa shape index (κ2) is 9.35. The molecule has 1 atom stereocenters. The van der Waals surface area contributed by atoms with Gasteiger partial charge in [0.25, 0.3) is 11.7 Å². The zero-order chi connectivity index (χ0) is 24.4. The first-order chi connectivity index (χ1) is 16.3. The molecule has 0 radical (unpaired) electrons. The molecule has 1 N–H and O–H groups in total. The van der Waals surface area contributed by atoms with Gasteiger partial charge in [0.1, 0.15) is 23.0 Å². The number of ether oxygens (including phenoxy) is 2. The minimum atomic E-state index is -0.812. The van der Waals surface area contributed by atoms with Gasteiger partial charge in [-0.1, -0.05) is 12.1 Å². The first kappa shape index (κ1) is 23.0. The second-order valence-corrected chi connectivity index (χ2v) is 8.06. The number of amides is 1. The number of carbonyl (C=O) groups excluding carboxylic acids is 2. The van der Waals surface area contributed by atoms with Gasteiger partial charge in [-0.05, 0) is 42.0 Å². The van der Waals surface area contributed by atoms with Crippen LogP contribution in [0.3, 0.4) is 0 Å². The molecule has 8 heteroatoms. The lowest BCUT2D eigenvalue weighted by Crippen LogP contribution is -2.29. The van der Waals surface area contributed by atoms with Crippen molar-refractivity contribution >= 4 is 23.1 Å². The maximum atomic E-state index is 13.2. The number of likely N-dealkylation sites (tertiary alicyclic amines) is 1. The van der Waals surface area contributed by atoms with Crippen LogP contribution in [0.25, 0.3) is 5.76 Å². The molecule has 176 valence electrons. The molecular weight excluding hydrogens is 436 g/mol. The lowest BCUT2D eigenvalue weighted by atomic mass is 9.94. The van der Waals surface area contributed by atoms with Gasteiger partial charge in [0.15, 0.2) is 0 Å². The summed E-state index contributed by atoms with van der Waals surface area (Å²) in [6.07, 6.45) is 1.51. The van der Waals surface area contributed by atoms with Crippen molar-refractivity contribution in [2.75, 3.05) is 33.2 Å². The average molecular weight is 463 g/mol. The Morgan fingerprint density at radius 3 is 2.38 bits per heavy atom. The van der Waals surface area contributed by atoms with Crippen LogP contribution in [0.4, 0.5) is 5.69 Å². The van der Waals surface area contributed by atoms with E-state index < -0.39 is 17.7 Å². The Bertz CT molecular complexity index is 1230. The molecule has 0 spiro atoms. The Morgan fingerprint density at radius 1 is 1.06 bits per heavy atom. The molecular formula is C26H26N2O6. The minimum Gasteiger partial charge on any atom is -0.507 e. The fourth-order valence-corrected chi connectivity index (χ4v) is 4.05. The number of ketones is 1. The fraction of sp³-hybridized carbons (Fsp3) is 0.231. The van der Waals surface area contributed by atoms with Gasteiger partial charge >= 0.3 is 0 Å². The second-order valence-electron chi connectivity index (χ2n) is 8.06. The molecule has 1 saturated heterocycles. The normalized spacial score (nSPS) is 17.2. The number of anilines is 1. The molecule has 0 aliphatic carbocycles. The standard InChI is InChI=1S/C26H26N2O6/c1-27(2)17-9-7-16(8-10-17)23-22(24(29)20-12-11-18(32-3)14-21(20)33-4)25(30)26(31)28(23)15-19-6-5-13-34-19/h5-14,23,29H,15H2,1-4H3/b24-22-. The van der Waals surface area contributed by atoms with E-state index in [1.807, 2.05) is 43.3 Å². The first-order valence-electron chi connectivity index (χ1n) is 10.7. The highest BCUT2D eigenvalue weighted by Gasteiger charge is 2.46. The summed E-state index contributed by atoms with van der Waals surface area (Å²) >= 11 is 0. The lowest BCUT2D eigenvalue weighted by molar-refractivity contribution is -0.140. The molecule has 1 aliphatic rings. The summed E-state index contributed by atoms with van der Waals surface area (Å²) in [5.74, 6) is -0.436. The molecule has 1 unspecified atom stereocenters. The molecule has 1 aromatic heterocycles. The van der Waals surface area contributed by atoms with Gasteiger partial charge in [-0.2, -0.15) is 0 Å². The van der Waals surface area contributed by atoms with E-state index in [0.29, 0.717) is 22.8 Å². The van der Waals surface area contributed by atoms with Crippen molar-refractivity contribution in [2.45, 2.75) is 12.6 Å². The number of aliphatic hydroxyl groups is 1. The van der Waals surface area contributed by atoms with Crippen LogP contribution in [0, 0.1) is 0 Å². The van der Waals surface area contributed by atoms with Crippen LogP contribution < -0.4 is 14.4 Å². The van der Waals surface area contributed by atoms with Gasteiger partial charge in [-0.15, -0.1) is 0 Å². The average Bonchev–Trinajstić information content (AvgIpc) is 3.45. The van der Waals surface area contributed by atoms with Gasteiger partial charge in [-0.25, -0.2) is 0 Å². The Morgan fingerprint density at radius 2 is 1.79 bits per heavy atom. The van der Waals surface area contributed by atoms with Crippen LogP contribution in [-0.4, -0.2) is 50.0 Å². The summed E-state index contributed by atoms with van der Waals surface area (Å²) in [5, 5.41) is 11.3. The third-order valence-corrected chi connectivity index (χ3v) is 5.84. The van der Waals surface area contributed by atoms with Crippen molar-refractivity contribution in [3.63, 3.8) is 0 Å². The molecule has 1 fully saturated rings. The number of nitrogens with zero attached hydrogens (tertiary/aromatic N) is 2. The molecule has 0 saturated carbocycles. The van der Waals surface area contributed by atoms with Crippen LogP contribution in [0.15, 0.2) is 70.9 Å². The summed E-state index contributed by atoms with van der Waals surface area (Å²) < 4.78 is 16.1. The maximum Gasteiger partial charge on any atom is 0.296 e. The van der Waals surface area contributed by atoms with E-state index in [4.69, 9.17) is 13.9 Å². The third-order valence-electron chi connectivity index (χ3n) is 5.84. The molecule has 3 aromatic rings. The topological polar surface area (TPSA) is 92.5 Å². The van der Waals surface area contributed by atoms with Crippen molar-refractivity contribution in [1.29, 1.82) is 0 Å². The Hall–Kier alpha value is -4.20. The van der Waals surface area contributed by atoms with Gasteiger partial charge in [0.05, 0.1) is 44.2 Å². The van der Waals surface area contributed by atoms with Crippen molar-refractivity contribution in [3.8, 4) is 11.5 Å². The number of Topliss-reactive ketones (excluding diaryl/α,β-unsaturated/α-hetero) is 1. The number of hydrogen-bond acceptors (Lipinski definition) is 7. The van der Waals surface area contributed by atoms with E-state index in [1.165, 1.54) is 25.4 Å². The van der Waals surface area contributed by atoms with Gasteiger partial charge in [-0.3, -0.25) is 9.59 Å². The summed E-state index contributed by atoms with van der Waals surface area (Å²) in [5.41, 5.74) is 1.92. The Labute approximate surface area is 197 Å². The predicted octanol–water partition coefficient (Wildman–Crippen LogP) is 3.98. The summed E-state index contributed by atoms with van der Waals surface area (Å²) in [6.45, 7) is 0.0776. The lowest BCUT2D eigenvalue weighted by Gasteiger charge is -2.25. The van der Waals surface area contributed by atoms with Crippen LogP contribution in [0.1, 0.15) is 22.9 Å². The van der Waals surface area contributed by atoms with Crippen LogP contribution in [0.5, 0.6) is 11.5 Å². The highest BCUT2D eigenvalue weighted by Crippen LogP contribution is 2.42. The van der Waals surface area contributed by atoms with Crippen LogP contribution >= 0.6 is 0 Å². The molecule has 1 amide bonds. The number of hydrogen-bond donors (Lipinski definition) is 1. The van der Waals surface area contributed by atoms with Crippen LogP contribution in [0.2, 0.25) is 0 Å². The van der Waals surface area contributed by atoms with Gasteiger partial charge in [0, 0.05) is 25.8 Å². The molecule has 0 bridgehead atoms. The van der Waals surface area contributed by atoms with E-state index in [9.17, 15) is 14.7 Å².